The Hall–Kier alpha value is -2.04. The number of aldehydes is 1. The molecule has 1 heterocycles. The monoisotopic (exact) mass is 222 g/mol. The van der Waals surface area contributed by atoms with Gasteiger partial charge in [0, 0.05) is 18.7 Å². The first kappa shape index (κ1) is 10.5. The Morgan fingerprint density at radius 1 is 1.38 bits per heavy atom. The smallest absolute Gasteiger partial charge is 0.168 e. The Balaban J connectivity index is 2.63. The minimum atomic E-state index is -0.734. The first-order valence-corrected chi connectivity index (χ1v) is 4.55. The zero-order valence-electron chi connectivity index (χ0n) is 8.45. The van der Waals surface area contributed by atoms with Crippen molar-refractivity contribution in [3.05, 3.63) is 41.9 Å². The molecule has 3 nitrogen and oxygen atoms in total. The molecule has 82 valence electrons. The lowest BCUT2D eigenvalue weighted by atomic mass is 10.1. The largest absolute Gasteiger partial charge is 0.331 e. The molecular formula is C11H8F2N2O. The van der Waals surface area contributed by atoms with E-state index in [0.29, 0.717) is 6.29 Å². The molecule has 0 atom stereocenters. The van der Waals surface area contributed by atoms with Crippen LogP contribution in [0.4, 0.5) is 8.78 Å². The van der Waals surface area contributed by atoms with Gasteiger partial charge < -0.3 is 4.57 Å². The first-order chi connectivity index (χ1) is 7.63. The summed E-state index contributed by atoms with van der Waals surface area (Å²) in [5.74, 6) is -1.40. The van der Waals surface area contributed by atoms with E-state index in [-0.39, 0.29) is 17.0 Å². The van der Waals surface area contributed by atoms with Gasteiger partial charge in [-0.3, -0.25) is 4.79 Å². The second-order valence-electron chi connectivity index (χ2n) is 3.33. The first-order valence-electron chi connectivity index (χ1n) is 4.55. The molecule has 0 aliphatic carbocycles. The van der Waals surface area contributed by atoms with Gasteiger partial charge in [-0.25, -0.2) is 13.8 Å². The van der Waals surface area contributed by atoms with Crippen molar-refractivity contribution in [1.82, 2.24) is 9.55 Å². The Morgan fingerprint density at radius 2 is 2.12 bits per heavy atom. The number of hydrogen-bond acceptors (Lipinski definition) is 2. The van der Waals surface area contributed by atoms with Crippen LogP contribution in [0.2, 0.25) is 0 Å². The zero-order valence-corrected chi connectivity index (χ0v) is 8.45. The molecule has 0 N–H and O–H groups in total. The fourth-order valence-electron chi connectivity index (χ4n) is 1.47. The van der Waals surface area contributed by atoms with E-state index in [1.54, 1.807) is 7.05 Å². The molecule has 1 aromatic carbocycles. The summed E-state index contributed by atoms with van der Waals surface area (Å²) in [6, 6.07) is 3.15. The fourth-order valence-corrected chi connectivity index (χ4v) is 1.47. The molecule has 2 rings (SSSR count). The van der Waals surface area contributed by atoms with Gasteiger partial charge >= 0.3 is 0 Å². The number of rotatable bonds is 2. The molecule has 0 radical (unpaired) electrons. The molecule has 0 bridgehead atoms. The van der Waals surface area contributed by atoms with Crippen molar-refractivity contribution in [3.8, 4) is 11.3 Å². The third-order valence-corrected chi connectivity index (χ3v) is 2.28. The predicted octanol–water partition coefficient (Wildman–Crippen LogP) is 2.18. The molecule has 5 heteroatoms. The molecule has 0 aliphatic rings. The highest BCUT2D eigenvalue weighted by molar-refractivity contribution is 5.83. The number of aromatic nitrogens is 2. The molecule has 1 aromatic heterocycles. The molecule has 0 aliphatic heterocycles. The molecule has 0 fully saturated rings. The molecule has 0 spiro atoms. The highest BCUT2D eigenvalue weighted by Crippen LogP contribution is 2.24. The average Bonchev–Trinajstić information content (AvgIpc) is 2.59. The number of carbonyl (C=O) groups is 1. The van der Waals surface area contributed by atoms with Gasteiger partial charge in [-0.2, -0.15) is 0 Å². The van der Waals surface area contributed by atoms with Crippen molar-refractivity contribution in [2.24, 2.45) is 7.05 Å². The maximum absolute atomic E-state index is 13.5. The minimum absolute atomic E-state index is 0.115. The van der Waals surface area contributed by atoms with E-state index in [0.717, 1.165) is 12.1 Å². The summed E-state index contributed by atoms with van der Waals surface area (Å²) in [6.45, 7) is 0. The lowest BCUT2D eigenvalue weighted by Crippen LogP contribution is -1.96. The van der Waals surface area contributed by atoms with Gasteiger partial charge in [0.15, 0.2) is 6.29 Å². The summed E-state index contributed by atoms with van der Waals surface area (Å²) in [7, 11) is 1.63. The quantitative estimate of drug-likeness (QED) is 0.730. The van der Waals surface area contributed by atoms with Crippen LogP contribution in [0.1, 0.15) is 10.5 Å². The number of hydrogen-bond donors (Lipinski definition) is 0. The third kappa shape index (κ3) is 1.60. The number of halogens is 2. The average molecular weight is 222 g/mol. The summed E-state index contributed by atoms with van der Waals surface area (Å²) in [4.78, 5) is 14.7. The van der Waals surface area contributed by atoms with E-state index in [4.69, 9.17) is 0 Å². The van der Waals surface area contributed by atoms with E-state index in [2.05, 4.69) is 4.98 Å². The summed E-state index contributed by atoms with van der Waals surface area (Å²) in [5.41, 5.74) is 0.588. The summed E-state index contributed by atoms with van der Waals surface area (Å²) < 4.78 is 27.6. The maximum atomic E-state index is 13.5. The SMILES string of the molecule is Cn1cnc(-c2ccc(F)cc2F)c1C=O. The van der Waals surface area contributed by atoms with Crippen LogP contribution < -0.4 is 0 Å². The highest BCUT2D eigenvalue weighted by Gasteiger charge is 2.14. The van der Waals surface area contributed by atoms with Crippen LogP contribution in [0, 0.1) is 11.6 Å². The molecule has 16 heavy (non-hydrogen) atoms. The van der Waals surface area contributed by atoms with E-state index in [9.17, 15) is 13.6 Å². The predicted molar refractivity (Wildman–Crippen MR) is 53.9 cm³/mol. The van der Waals surface area contributed by atoms with E-state index in [1.165, 1.54) is 17.0 Å². The van der Waals surface area contributed by atoms with E-state index < -0.39 is 11.6 Å². The number of nitrogens with zero attached hydrogens (tertiary/aromatic N) is 2. The number of benzene rings is 1. The van der Waals surface area contributed by atoms with E-state index in [1.807, 2.05) is 0 Å². The van der Waals surface area contributed by atoms with Crippen LogP contribution in [0.5, 0.6) is 0 Å². The van der Waals surface area contributed by atoms with E-state index >= 15 is 0 Å². The molecule has 0 saturated heterocycles. The third-order valence-electron chi connectivity index (χ3n) is 2.28. The lowest BCUT2D eigenvalue weighted by molar-refractivity contribution is 0.111. The van der Waals surface area contributed by atoms with Gasteiger partial charge in [-0.1, -0.05) is 0 Å². The highest BCUT2D eigenvalue weighted by atomic mass is 19.1. The van der Waals surface area contributed by atoms with Crippen molar-refractivity contribution in [1.29, 1.82) is 0 Å². The van der Waals surface area contributed by atoms with Gasteiger partial charge in [0.25, 0.3) is 0 Å². The van der Waals surface area contributed by atoms with Crippen LogP contribution in [0.15, 0.2) is 24.5 Å². The molecule has 0 saturated carbocycles. The van der Waals surface area contributed by atoms with Crippen LogP contribution in [0.25, 0.3) is 11.3 Å². The second kappa shape index (κ2) is 3.84. The molecular weight excluding hydrogens is 214 g/mol. The fraction of sp³-hybridized carbons (Fsp3) is 0.0909. The van der Waals surface area contributed by atoms with Crippen molar-refractivity contribution in [3.63, 3.8) is 0 Å². The van der Waals surface area contributed by atoms with Crippen LogP contribution >= 0.6 is 0 Å². The molecule has 0 unspecified atom stereocenters. The van der Waals surface area contributed by atoms with Crippen molar-refractivity contribution in [2.45, 2.75) is 0 Å². The molecule has 0 amide bonds. The summed E-state index contributed by atoms with van der Waals surface area (Å²) in [5, 5.41) is 0. The Morgan fingerprint density at radius 3 is 2.75 bits per heavy atom. The van der Waals surface area contributed by atoms with Gasteiger partial charge in [0.2, 0.25) is 0 Å². The Labute approximate surface area is 90.3 Å². The van der Waals surface area contributed by atoms with Crippen LogP contribution in [-0.2, 0) is 7.05 Å². The number of imidazole rings is 1. The second-order valence-corrected chi connectivity index (χ2v) is 3.33. The van der Waals surface area contributed by atoms with Gasteiger partial charge in [-0.05, 0) is 12.1 Å². The number of aryl methyl sites for hydroxylation is 1. The van der Waals surface area contributed by atoms with Crippen molar-refractivity contribution < 1.29 is 13.6 Å². The Kier molecular flexibility index (Phi) is 2.52. The van der Waals surface area contributed by atoms with Gasteiger partial charge in [0.05, 0.1) is 6.33 Å². The standard InChI is InChI=1S/C11H8F2N2O/c1-15-6-14-11(10(15)5-16)8-3-2-7(12)4-9(8)13/h2-6H,1H3. The topological polar surface area (TPSA) is 34.9 Å². The normalized spacial score (nSPS) is 10.4. The van der Waals surface area contributed by atoms with Crippen LogP contribution in [0.3, 0.4) is 0 Å². The van der Waals surface area contributed by atoms with Gasteiger partial charge in [-0.15, -0.1) is 0 Å². The molecule has 2 aromatic rings. The lowest BCUT2D eigenvalue weighted by Gasteiger charge is -2.01. The van der Waals surface area contributed by atoms with Crippen LogP contribution in [-0.4, -0.2) is 15.8 Å². The minimum Gasteiger partial charge on any atom is -0.331 e. The zero-order chi connectivity index (χ0) is 11.7. The van der Waals surface area contributed by atoms with Crippen molar-refractivity contribution >= 4 is 6.29 Å². The summed E-state index contributed by atoms with van der Waals surface area (Å²) in [6.07, 6.45) is 1.99. The number of carbonyl (C=O) groups excluding carboxylic acids is 1. The maximum Gasteiger partial charge on any atom is 0.168 e. The van der Waals surface area contributed by atoms with Crippen molar-refractivity contribution in [2.75, 3.05) is 0 Å². The van der Waals surface area contributed by atoms with Gasteiger partial charge in [0.1, 0.15) is 23.0 Å². The summed E-state index contributed by atoms with van der Waals surface area (Å²) >= 11 is 0. The Bertz CT molecular complexity index is 549.